The third-order valence-electron chi connectivity index (χ3n) is 4.67. The van der Waals surface area contributed by atoms with Gasteiger partial charge in [-0.3, -0.25) is 14.5 Å². The van der Waals surface area contributed by atoms with Gasteiger partial charge >= 0.3 is 0 Å². The third kappa shape index (κ3) is 3.95. The molecule has 1 aliphatic carbocycles. The lowest BCUT2D eigenvalue weighted by atomic mass is 10.2. The fourth-order valence-electron chi connectivity index (χ4n) is 2.91. The molecular formula is C17H21BrFN3O2. The lowest BCUT2D eigenvalue weighted by Gasteiger charge is -2.37. The molecule has 24 heavy (non-hydrogen) atoms. The van der Waals surface area contributed by atoms with Gasteiger partial charge in [0.25, 0.3) is 0 Å². The van der Waals surface area contributed by atoms with Crippen LogP contribution in [0.3, 0.4) is 0 Å². The number of rotatable bonds is 4. The molecule has 0 radical (unpaired) electrons. The number of benzene rings is 1. The van der Waals surface area contributed by atoms with Gasteiger partial charge in [-0.05, 0) is 38.0 Å². The summed E-state index contributed by atoms with van der Waals surface area (Å²) in [5.41, 5.74) is 0.178. The smallest absolute Gasteiger partial charge is 0.241 e. The average molecular weight is 398 g/mol. The monoisotopic (exact) mass is 397 g/mol. The Kier molecular flexibility index (Phi) is 5.20. The van der Waals surface area contributed by atoms with Crippen molar-refractivity contribution in [2.24, 2.45) is 5.92 Å². The minimum Gasteiger partial charge on any atom is -0.340 e. The molecule has 0 aromatic heterocycles. The van der Waals surface area contributed by atoms with E-state index in [-0.39, 0.29) is 29.5 Å². The quantitative estimate of drug-likeness (QED) is 0.848. The molecule has 1 heterocycles. The van der Waals surface area contributed by atoms with Crippen molar-refractivity contribution in [3.63, 3.8) is 0 Å². The summed E-state index contributed by atoms with van der Waals surface area (Å²) in [6, 6.07) is 4.18. The molecule has 0 bridgehead atoms. The van der Waals surface area contributed by atoms with Crippen LogP contribution in [0, 0.1) is 11.7 Å². The number of nitrogens with zero attached hydrogens (tertiary/aromatic N) is 2. The van der Waals surface area contributed by atoms with Crippen LogP contribution in [0.15, 0.2) is 22.7 Å². The number of anilines is 1. The zero-order chi connectivity index (χ0) is 17.3. The van der Waals surface area contributed by atoms with E-state index in [1.165, 1.54) is 12.1 Å². The van der Waals surface area contributed by atoms with Gasteiger partial charge in [-0.15, -0.1) is 0 Å². The first-order valence-corrected chi connectivity index (χ1v) is 9.04. The van der Waals surface area contributed by atoms with Gasteiger partial charge in [0.1, 0.15) is 5.82 Å². The summed E-state index contributed by atoms with van der Waals surface area (Å²) < 4.78 is 14.5. The summed E-state index contributed by atoms with van der Waals surface area (Å²) >= 11 is 3.19. The Morgan fingerprint density at radius 3 is 2.50 bits per heavy atom. The van der Waals surface area contributed by atoms with E-state index < -0.39 is 5.82 Å². The van der Waals surface area contributed by atoms with E-state index in [1.807, 2.05) is 16.7 Å². The standard InChI is InChI=1S/C17H21BrFN3O2/c1-11(16(23)20-15-5-4-13(18)10-14(15)19)21-6-8-22(9-7-21)17(24)12-2-3-12/h4-5,10-12H,2-3,6-9H2,1H3,(H,20,23). The molecule has 1 unspecified atom stereocenters. The largest absolute Gasteiger partial charge is 0.340 e. The number of nitrogens with one attached hydrogen (secondary N) is 1. The number of carbonyl (C=O) groups is 2. The molecule has 0 spiro atoms. The minimum absolute atomic E-state index is 0.178. The Bertz CT molecular complexity index is 643. The average Bonchev–Trinajstić information content (AvgIpc) is 3.41. The maximum Gasteiger partial charge on any atom is 0.241 e. The second-order valence-electron chi connectivity index (χ2n) is 6.42. The molecule has 1 saturated carbocycles. The Hall–Kier alpha value is -1.47. The molecule has 1 N–H and O–H groups in total. The first-order chi connectivity index (χ1) is 11.5. The van der Waals surface area contributed by atoms with E-state index in [1.54, 1.807) is 6.07 Å². The fourth-order valence-corrected chi connectivity index (χ4v) is 3.25. The van der Waals surface area contributed by atoms with E-state index in [0.717, 1.165) is 12.8 Å². The van der Waals surface area contributed by atoms with Crippen LogP contribution >= 0.6 is 15.9 Å². The minimum atomic E-state index is -0.468. The molecule has 2 fully saturated rings. The van der Waals surface area contributed by atoms with Gasteiger partial charge in [0.2, 0.25) is 11.8 Å². The van der Waals surface area contributed by atoms with Crippen molar-refractivity contribution in [3.8, 4) is 0 Å². The third-order valence-corrected chi connectivity index (χ3v) is 5.16. The summed E-state index contributed by atoms with van der Waals surface area (Å²) in [6.07, 6.45) is 2.02. The summed E-state index contributed by atoms with van der Waals surface area (Å²) in [7, 11) is 0. The molecular weight excluding hydrogens is 377 g/mol. The summed E-state index contributed by atoms with van der Waals surface area (Å²) in [6.45, 7) is 4.44. The van der Waals surface area contributed by atoms with Gasteiger partial charge in [0.15, 0.2) is 0 Å². The van der Waals surface area contributed by atoms with Crippen LogP contribution in [0.25, 0.3) is 0 Å². The van der Waals surface area contributed by atoms with Crippen molar-refractivity contribution in [3.05, 3.63) is 28.5 Å². The maximum absolute atomic E-state index is 13.8. The predicted molar refractivity (Wildman–Crippen MR) is 93.1 cm³/mol. The number of amides is 2. The number of carbonyl (C=O) groups excluding carboxylic acids is 2. The van der Waals surface area contributed by atoms with Gasteiger partial charge in [0.05, 0.1) is 11.7 Å². The predicted octanol–water partition coefficient (Wildman–Crippen LogP) is 2.47. The topological polar surface area (TPSA) is 52.7 Å². The molecule has 1 aromatic rings. The highest BCUT2D eigenvalue weighted by atomic mass is 79.9. The van der Waals surface area contributed by atoms with E-state index in [9.17, 15) is 14.0 Å². The molecule has 5 nitrogen and oxygen atoms in total. The number of piperazine rings is 1. The fraction of sp³-hybridized carbons (Fsp3) is 0.529. The van der Waals surface area contributed by atoms with Crippen molar-refractivity contribution in [1.29, 1.82) is 0 Å². The molecule has 2 amide bonds. The second-order valence-corrected chi connectivity index (χ2v) is 7.34. The second kappa shape index (κ2) is 7.19. The van der Waals surface area contributed by atoms with Gasteiger partial charge in [-0.2, -0.15) is 0 Å². The van der Waals surface area contributed by atoms with Crippen LogP contribution in [0.1, 0.15) is 19.8 Å². The first-order valence-electron chi connectivity index (χ1n) is 8.24. The normalized spacial score (nSPS) is 19.9. The lowest BCUT2D eigenvalue weighted by Crippen LogP contribution is -2.54. The van der Waals surface area contributed by atoms with Gasteiger partial charge in [-0.25, -0.2) is 4.39 Å². The number of hydrogen-bond acceptors (Lipinski definition) is 3. The van der Waals surface area contributed by atoms with Crippen molar-refractivity contribution in [2.75, 3.05) is 31.5 Å². The Morgan fingerprint density at radius 2 is 1.92 bits per heavy atom. The van der Waals surface area contributed by atoms with Gasteiger partial charge in [0, 0.05) is 36.6 Å². The SMILES string of the molecule is CC(C(=O)Nc1ccc(Br)cc1F)N1CCN(C(=O)C2CC2)CC1. The Labute approximate surface area is 149 Å². The summed E-state index contributed by atoms with van der Waals surface area (Å²) in [5, 5.41) is 2.64. The lowest BCUT2D eigenvalue weighted by molar-refractivity contribution is -0.135. The highest BCUT2D eigenvalue weighted by molar-refractivity contribution is 9.10. The Balaban J connectivity index is 1.53. The molecule has 3 rings (SSSR count). The van der Waals surface area contributed by atoms with E-state index in [0.29, 0.717) is 30.7 Å². The van der Waals surface area contributed by atoms with Gasteiger partial charge < -0.3 is 10.2 Å². The Morgan fingerprint density at radius 1 is 1.25 bits per heavy atom. The highest BCUT2D eigenvalue weighted by Crippen LogP contribution is 2.31. The van der Waals surface area contributed by atoms with Crippen LogP contribution in [0.2, 0.25) is 0 Å². The van der Waals surface area contributed by atoms with Crippen molar-refractivity contribution in [1.82, 2.24) is 9.80 Å². The van der Waals surface area contributed by atoms with Crippen LogP contribution in [0.4, 0.5) is 10.1 Å². The number of halogens is 2. The zero-order valence-corrected chi connectivity index (χ0v) is 15.2. The first kappa shape index (κ1) is 17.4. The van der Waals surface area contributed by atoms with Crippen molar-refractivity contribution < 1.29 is 14.0 Å². The molecule has 130 valence electrons. The van der Waals surface area contributed by atoms with E-state index in [2.05, 4.69) is 21.2 Å². The molecule has 1 aliphatic heterocycles. The molecule has 7 heteroatoms. The van der Waals surface area contributed by atoms with E-state index in [4.69, 9.17) is 0 Å². The zero-order valence-electron chi connectivity index (χ0n) is 13.6. The summed E-state index contributed by atoms with van der Waals surface area (Å²) in [4.78, 5) is 28.4. The highest BCUT2D eigenvalue weighted by Gasteiger charge is 2.35. The molecule has 1 saturated heterocycles. The van der Waals surface area contributed by atoms with Crippen molar-refractivity contribution in [2.45, 2.75) is 25.8 Å². The van der Waals surface area contributed by atoms with Crippen LogP contribution < -0.4 is 5.32 Å². The molecule has 1 aromatic carbocycles. The van der Waals surface area contributed by atoms with Crippen LogP contribution in [-0.2, 0) is 9.59 Å². The molecule has 2 aliphatic rings. The van der Waals surface area contributed by atoms with Crippen molar-refractivity contribution >= 4 is 33.4 Å². The maximum atomic E-state index is 13.8. The van der Waals surface area contributed by atoms with Crippen LogP contribution in [-0.4, -0.2) is 53.8 Å². The van der Waals surface area contributed by atoms with E-state index >= 15 is 0 Å². The number of hydrogen-bond donors (Lipinski definition) is 1. The van der Waals surface area contributed by atoms with Crippen LogP contribution in [0.5, 0.6) is 0 Å². The van der Waals surface area contributed by atoms with Gasteiger partial charge in [-0.1, -0.05) is 15.9 Å². The molecule has 1 atom stereocenters. The summed E-state index contributed by atoms with van der Waals surface area (Å²) in [5.74, 6) is -0.218.